The fourth-order valence-corrected chi connectivity index (χ4v) is 3.98. The maximum absolute atomic E-state index is 12.3. The molecule has 28 heavy (non-hydrogen) atoms. The van der Waals surface area contributed by atoms with Crippen molar-refractivity contribution in [3.63, 3.8) is 0 Å². The molecule has 0 aliphatic carbocycles. The van der Waals surface area contributed by atoms with Crippen molar-refractivity contribution in [3.8, 4) is 0 Å². The van der Waals surface area contributed by atoms with Crippen molar-refractivity contribution >= 4 is 28.1 Å². The molecule has 7 nitrogen and oxygen atoms in total. The molecule has 8 heteroatoms. The van der Waals surface area contributed by atoms with Gasteiger partial charge < -0.3 is 0 Å². The molecule has 0 saturated heterocycles. The van der Waals surface area contributed by atoms with Crippen molar-refractivity contribution in [1.29, 1.82) is 0 Å². The predicted octanol–water partition coefficient (Wildman–Crippen LogP) is 3.86. The van der Waals surface area contributed by atoms with Gasteiger partial charge in [-0.15, -0.1) is 11.3 Å². The summed E-state index contributed by atoms with van der Waals surface area (Å²) in [6.07, 6.45) is 1.02. The number of carbonyl (C=O) groups is 1. The number of amides is 1. The molecule has 2 aromatic carbocycles. The van der Waals surface area contributed by atoms with E-state index in [2.05, 4.69) is 39.5 Å². The van der Waals surface area contributed by atoms with E-state index < -0.39 is 10.8 Å². The fraction of sp³-hybridized carbons (Fsp3) is 0.200. The molecular formula is C20H18N4O3S. The molecule has 0 fully saturated rings. The van der Waals surface area contributed by atoms with E-state index in [1.54, 1.807) is 6.07 Å². The highest BCUT2D eigenvalue weighted by molar-refractivity contribution is 7.13. The summed E-state index contributed by atoms with van der Waals surface area (Å²) in [5, 5.41) is 16.0. The Labute approximate surface area is 165 Å². The van der Waals surface area contributed by atoms with Crippen LogP contribution >= 0.6 is 11.3 Å². The van der Waals surface area contributed by atoms with Gasteiger partial charge in [0.15, 0.2) is 5.13 Å². The van der Waals surface area contributed by atoms with Gasteiger partial charge in [0.05, 0.1) is 10.6 Å². The van der Waals surface area contributed by atoms with Crippen LogP contribution < -0.4 is 5.32 Å². The van der Waals surface area contributed by atoms with Gasteiger partial charge in [-0.3, -0.25) is 25.1 Å². The van der Waals surface area contributed by atoms with Crippen LogP contribution in [0.3, 0.4) is 0 Å². The number of rotatable bonds is 5. The number of non-ortho nitro benzene ring substituents is 1. The maximum Gasteiger partial charge on any atom is 0.270 e. The molecule has 1 aliphatic heterocycles. The molecular weight excluding hydrogens is 376 g/mol. The zero-order valence-electron chi connectivity index (χ0n) is 15.0. The second-order valence-corrected chi connectivity index (χ2v) is 7.49. The normalized spacial score (nSPS) is 13.7. The van der Waals surface area contributed by atoms with Crippen molar-refractivity contribution in [2.24, 2.45) is 0 Å². The first kappa shape index (κ1) is 18.3. The lowest BCUT2D eigenvalue weighted by atomic mass is 10.00. The molecule has 0 saturated carbocycles. The minimum absolute atomic E-state index is 0.113. The Morgan fingerprint density at radius 3 is 2.86 bits per heavy atom. The SMILES string of the molecule is O=C(Nc1nc(CN2CCc3ccccc3C2)cs1)c1cccc([N+](=O)[O-])c1. The first-order valence-electron chi connectivity index (χ1n) is 8.88. The van der Waals surface area contributed by atoms with E-state index in [1.807, 2.05) is 5.38 Å². The highest BCUT2D eigenvalue weighted by Crippen LogP contribution is 2.23. The van der Waals surface area contributed by atoms with Gasteiger partial charge in [-0.2, -0.15) is 0 Å². The molecule has 142 valence electrons. The number of carbonyl (C=O) groups excluding carboxylic acids is 1. The third kappa shape index (κ3) is 4.08. The summed E-state index contributed by atoms with van der Waals surface area (Å²) < 4.78 is 0. The number of hydrogen-bond acceptors (Lipinski definition) is 6. The van der Waals surface area contributed by atoms with Crippen LogP contribution in [-0.2, 0) is 19.5 Å². The summed E-state index contributed by atoms with van der Waals surface area (Å²) in [5.41, 5.74) is 3.78. The number of nitrogens with zero attached hydrogens (tertiary/aromatic N) is 3. The average Bonchev–Trinajstić information content (AvgIpc) is 3.14. The number of hydrogen-bond donors (Lipinski definition) is 1. The van der Waals surface area contributed by atoms with Gasteiger partial charge in [-0.25, -0.2) is 4.98 Å². The fourth-order valence-electron chi connectivity index (χ4n) is 3.29. The van der Waals surface area contributed by atoms with Gasteiger partial charge in [0.1, 0.15) is 0 Å². The quantitative estimate of drug-likeness (QED) is 0.524. The van der Waals surface area contributed by atoms with Gasteiger partial charge in [0.2, 0.25) is 0 Å². The molecule has 3 aromatic rings. The number of benzene rings is 2. The van der Waals surface area contributed by atoms with Gasteiger partial charge in [0.25, 0.3) is 11.6 Å². The summed E-state index contributed by atoms with van der Waals surface area (Å²) in [6.45, 7) is 2.59. The van der Waals surface area contributed by atoms with E-state index in [4.69, 9.17) is 0 Å². The first-order valence-corrected chi connectivity index (χ1v) is 9.76. The summed E-state index contributed by atoms with van der Waals surface area (Å²) in [7, 11) is 0. The third-order valence-electron chi connectivity index (χ3n) is 4.69. The maximum atomic E-state index is 12.3. The Bertz CT molecular complexity index is 1030. The van der Waals surface area contributed by atoms with E-state index in [-0.39, 0.29) is 11.3 Å². The lowest BCUT2D eigenvalue weighted by Gasteiger charge is -2.27. The second kappa shape index (κ2) is 7.87. The van der Waals surface area contributed by atoms with E-state index in [0.717, 1.165) is 31.7 Å². The second-order valence-electron chi connectivity index (χ2n) is 6.63. The van der Waals surface area contributed by atoms with Crippen LogP contribution in [0, 0.1) is 10.1 Å². The highest BCUT2D eigenvalue weighted by atomic mass is 32.1. The minimum atomic E-state index is -0.519. The number of anilines is 1. The monoisotopic (exact) mass is 394 g/mol. The topological polar surface area (TPSA) is 88.4 Å². The predicted molar refractivity (Wildman–Crippen MR) is 107 cm³/mol. The molecule has 1 aliphatic rings. The highest BCUT2D eigenvalue weighted by Gasteiger charge is 2.18. The molecule has 0 bridgehead atoms. The van der Waals surface area contributed by atoms with Crippen LogP contribution in [0.4, 0.5) is 10.8 Å². The Balaban J connectivity index is 1.39. The zero-order chi connectivity index (χ0) is 19.5. The molecule has 2 heterocycles. The van der Waals surface area contributed by atoms with Crippen molar-refractivity contribution in [2.75, 3.05) is 11.9 Å². The summed E-state index contributed by atoms with van der Waals surface area (Å²) in [5.74, 6) is -0.406. The molecule has 0 radical (unpaired) electrons. The summed E-state index contributed by atoms with van der Waals surface area (Å²) >= 11 is 1.35. The van der Waals surface area contributed by atoms with Crippen LogP contribution in [0.2, 0.25) is 0 Å². The number of nitro groups is 1. The van der Waals surface area contributed by atoms with E-state index >= 15 is 0 Å². The number of nitrogens with one attached hydrogen (secondary N) is 1. The molecule has 0 atom stereocenters. The lowest BCUT2D eigenvalue weighted by molar-refractivity contribution is -0.384. The standard InChI is InChI=1S/C20H18N4O3S/c25-19(15-6-3-7-18(10-15)24(26)27)22-20-21-17(13-28-20)12-23-9-8-14-4-1-2-5-16(14)11-23/h1-7,10,13H,8-9,11-12H2,(H,21,22,25). The molecule has 1 amide bonds. The number of aromatic nitrogens is 1. The van der Waals surface area contributed by atoms with Crippen molar-refractivity contribution < 1.29 is 9.72 Å². The third-order valence-corrected chi connectivity index (χ3v) is 5.49. The minimum Gasteiger partial charge on any atom is -0.298 e. The average molecular weight is 394 g/mol. The summed E-state index contributed by atoms with van der Waals surface area (Å²) in [6, 6.07) is 14.1. The molecule has 1 aromatic heterocycles. The Morgan fingerprint density at radius 2 is 2.04 bits per heavy atom. The van der Waals surface area contributed by atoms with E-state index in [1.165, 1.54) is 40.7 Å². The van der Waals surface area contributed by atoms with E-state index in [0.29, 0.717) is 5.13 Å². The van der Waals surface area contributed by atoms with Gasteiger partial charge >= 0.3 is 0 Å². The van der Waals surface area contributed by atoms with Crippen molar-refractivity contribution in [3.05, 3.63) is 86.4 Å². The lowest BCUT2D eigenvalue weighted by Crippen LogP contribution is -2.30. The van der Waals surface area contributed by atoms with Crippen LogP contribution in [0.15, 0.2) is 53.9 Å². The zero-order valence-corrected chi connectivity index (χ0v) is 15.8. The van der Waals surface area contributed by atoms with Crippen molar-refractivity contribution in [2.45, 2.75) is 19.5 Å². The number of nitro benzene ring substituents is 1. The summed E-state index contributed by atoms with van der Waals surface area (Å²) in [4.78, 5) is 29.5. The smallest absolute Gasteiger partial charge is 0.270 e. The largest absolute Gasteiger partial charge is 0.298 e. The van der Waals surface area contributed by atoms with Crippen molar-refractivity contribution in [1.82, 2.24) is 9.88 Å². The Hall–Kier alpha value is -3.10. The molecule has 0 spiro atoms. The Morgan fingerprint density at radius 1 is 1.21 bits per heavy atom. The van der Waals surface area contributed by atoms with Gasteiger partial charge in [0, 0.05) is 42.7 Å². The number of fused-ring (bicyclic) bond motifs is 1. The molecule has 1 N–H and O–H groups in total. The van der Waals surface area contributed by atoms with Crippen LogP contribution in [0.5, 0.6) is 0 Å². The van der Waals surface area contributed by atoms with Gasteiger partial charge in [-0.1, -0.05) is 30.3 Å². The van der Waals surface area contributed by atoms with Crippen LogP contribution in [0.1, 0.15) is 27.2 Å². The van der Waals surface area contributed by atoms with Crippen LogP contribution in [0.25, 0.3) is 0 Å². The molecule has 0 unspecified atom stereocenters. The van der Waals surface area contributed by atoms with Crippen LogP contribution in [-0.4, -0.2) is 27.3 Å². The number of thiazole rings is 1. The molecule has 4 rings (SSSR count). The van der Waals surface area contributed by atoms with Gasteiger partial charge in [-0.05, 0) is 23.6 Å². The first-order chi connectivity index (χ1) is 13.6. The van der Waals surface area contributed by atoms with E-state index in [9.17, 15) is 14.9 Å². The Kier molecular flexibility index (Phi) is 5.14.